The molecule has 3 rings (SSSR count). The Morgan fingerprint density at radius 3 is 2.47 bits per heavy atom. The fourth-order valence-electron chi connectivity index (χ4n) is 3.77. The monoisotopic (exact) mass is 428 g/mol. The molecule has 1 aromatic carbocycles. The zero-order valence-electron chi connectivity index (χ0n) is 17.7. The van der Waals surface area contributed by atoms with Gasteiger partial charge in [0.05, 0.1) is 12.5 Å². The van der Waals surface area contributed by atoms with E-state index in [1.165, 1.54) is 12.6 Å². The molecule has 0 aliphatic carbocycles. The van der Waals surface area contributed by atoms with Crippen LogP contribution in [0.25, 0.3) is 0 Å². The van der Waals surface area contributed by atoms with Gasteiger partial charge in [0, 0.05) is 50.2 Å². The molecule has 7 heteroatoms. The molecule has 1 atom stereocenters. The van der Waals surface area contributed by atoms with Crippen molar-refractivity contribution < 1.29 is 9.59 Å². The van der Waals surface area contributed by atoms with Crippen LogP contribution in [0.1, 0.15) is 37.1 Å². The van der Waals surface area contributed by atoms with E-state index >= 15 is 0 Å². The van der Waals surface area contributed by atoms with E-state index in [-0.39, 0.29) is 24.3 Å². The van der Waals surface area contributed by atoms with Crippen molar-refractivity contribution in [3.8, 4) is 0 Å². The van der Waals surface area contributed by atoms with Crippen LogP contribution in [-0.2, 0) is 9.59 Å². The second-order valence-corrected chi connectivity index (χ2v) is 8.67. The number of hydrogen-bond acceptors (Lipinski definition) is 5. The summed E-state index contributed by atoms with van der Waals surface area (Å²) in [5.41, 5.74) is 1.31. The summed E-state index contributed by atoms with van der Waals surface area (Å²) in [7, 11) is 0. The normalized spacial score (nSPS) is 15.6. The first kappa shape index (κ1) is 22.3. The first-order chi connectivity index (χ1) is 14.6. The largest absolute Gasteiger partial charge is 0.369 e. The van der Waals surface area contributed by atoms with Gasteiger partial charge in [0.2, 0.25) is 11.8 Å². The van der Waals surface area contributed by atoms with Crippen LogP contribution in [0.15, 0.2) is 47.8 Å². The van der Waals surface area contributed by atoms with E-state index in [2.05, 4.69) is 50.8 Å². The number of benzene rings is 1. The number of nitrogens with zero attached hydrogens (tertiary/aromatic N) is 2. The molecule has 2 N–H and O–H groups in total. The van der Waals surface area contributed by atoms with Gasteiger partial charge in [0.1, 0.15) is 0 Å². The van der Waals surface area contributed by atoms with Gasteiger partial charge in [-0.05, 0) is 43.0 Å². The maximum absolute atomic E-state index is 12.3. The van der Waals surface area contributed by atoms with Crippen molar-refractivity contribution in [2.45, 2.75) is 32.2 Å². The highest BCUT2D eigenvalue weighted by Crippen LogP contribution is 2.22. The zero-order valence-corrected chi connectivity index (χ0v) is 18.5. The third kappa shape index (κ3) is 7.15. The maximum Gasteiger partial charge on any atom is 0.222 e. The third-order valence-electron chi connectivity index (χ3n) is 5.37. The van der Waals surface area contributed by atoms with E-state index in [0.717, 1.165) is 50.4 Å². The average Bonchev–Trinajstić information content (AvgIpc) is 3.29. The number of rotatable bonds is 10. The fraction of sp³-hybridized carbons (Fsp3) is 0.478. The van der Waals surface area contributed by atoms with E-state index in [9.17, 15) is 9.59 Å². The van der Waals surface area contributed by atoms with E-state index in [1.54, 1.807) is 11.3 Å². The lowest BCUT2D eigenvalue weighted by molar-refractivity contribution is -0.122. The molecule has 2 amide bonds. The summed E-state index contributed by atoms with van der Waals surface area (Å²) in [5, 5.41) is 7.84. The van der Waals surface area contributed by atoms with Gasteiger partial charge in [-0.3, -0.25) is 14.5 Å². The van der Waals surface area contributed by atoms with Crippen molar-refractivity contribution in [2.24, 2.45) is 0 Å². The Labute approximate surface area is 183 Å². The van der Waals surface area contributed by atoms with E-state index < -0.39 is 0 Å². The van der Waals surface area contributed by atoms with Crippen molar-refractivity contribution in [3.05, 3.63) is 52.7 Å². The molecule has 1 saturated heterocycles. The Morgan fingerprint density at radius 1 is 1.03 bits per heavy atom. The Kier molecular flexibility index (Phi) is 8.71. The number of thiophene rings is 1. The van der Waals surface area contributed by atoms with Crippen molar-refractivity contribution in [3.63, 3.8) is 0 Å². The number of amides is 2. The second-order valence-electron chi connectivity index (χ2n) is 7.69. The van der Waals surface area contributed by atoms with Crippen molar-refractivity contribution >= 4 is 28.8 Å². The molecule has 2 heterocycles. The number of carbonyl (C=O) groups is 2. The van der Waals surface area contributed by atoms with Gasteiger partial charge in [-0.15, -0.1) is 11.3 Å². The van der Waals surface area contributed by atoms with Crippen molar-refractivity contribution in [1.82, 2.24) is 15.5 Å². The molecular formula is C23H32N4O2S. The third-order valence-corrected chi connectivity index (χ3v) is 6.36. The smallest absolute Gasteiger partial charge is 0.222 e. The molecule has 0 spiro atoms. The maximum atomic E-state index is 12.3. The van der Waals surface area contributed by atoms with Gasteiger partial charge < -0.3 is 15.5 Å². The van der Waals surface area contributed by atoms with E-state index in [0.29, 0.717) is 6.54 Å². The predicted octanol–water partition coefficient (Wildman–Crippen LogP) is 3.03. The Bertz CT molecular complexity index is 774. The Hall–Kier alpha value is -2.38. The highest BCUT2D eigenvalue weighted by molar-refractivity contribution is 7.10. The number of anilines is 1. The molecule has 0 bridgehead atoms. The number of carbonyl (C=O) groups excluding carboxylic acids is 2. The van der Waals surface area contributed by atoms with Crippen LogP contribution in [0, 0.1) is 0 Å². The number of para-hydroxylation sites is 1. The molecule has 162 valence electrons. The topological polar surface area (TPSA) is 64.7 Å². The SMILES string of the molecule is CC(=O)NC(CC(=O)NCCCCN1CCN(c2ccccc2)CC1)c1cccs1. The Balaban J connectivity index is 1.29. The highest BCUT2D eigenvalue weighted by atomic mass is 32.1. The second kappa shape index (κ2) is 11.7. The summed E-state index contributed by atoms with van der Waals surface area (Å²) in [6, 6.07) is 14.2. The summed E-state index contributed by atoms with van der Waals surface area (Å²) in [5.74, 6) is -0.132. The number of hydrogen-bond donors (Lipinski definition) is 2. The first-order valence-electron chi connectivity index (χ1n) is 10.7. The van der Waals surface area contributed by atoms with Gasteiger partial charge in [0.15, 0.2) is 0 Å². The molecule has 1 aromatic heterocycles. The summed E-state index contributed by atoms with van der Waals surface area (Å²) in [6.45, 7) is 7.53. The molecule has 1 aliphatic rings. The summed E-state index contributed by atoms with van der Waals surface area (Å²) < 4.78 is 0. The van der Waals surface area contributed by atoms with Crippen molar-refractivity contribution in [2.75, 3.05) is 44.2 Å². The molecular weight excluding hydrogens is 396 g/mol. The van der Waals surface area contributed by atoms with Crippen LogP contribution < -0.4 is 15.5 Å². The van der Waals surface area contributed by atoms with Gasteiger partial charge in [0.25, 0.3) is 0 Å². The molecule has 1 aliphatic heterocycles. The van der Waals surface area contributed by atoms with Crippen LogP contribution in [0.3, 0.4) is 0 Å². The van der Waals surface area contributed by atoms with Crippen LogP contribution in [-0.4, -0.2) is 56.0 Å². The molecule has 6 nitrogen and oxygen atoms in total. The van der Waals surface area contributed by atoms with Crippen LogP contribution >= 0.6 is 11.3 Å². The van der Waals surface area contributed by atoms with Gasteiger partial charge in [-0.25, -0.2) is 0 Å². The molecule has 0 radical (unpaired) electrons. The molecule has 1 unspecified atom stereocenters. The lowest BCUT2D eigenvalue weighted by Crippen LogP contribution is -2.46. The summed E-state index contributed by atoms with van der Waals surface area (Å²) >= 11 is 1.56. The molecule has 2 aromatic rings. The summed E-state index contributed by atoms with van der Waals surface area (Å²) in [6.07, 6.45) is 2.32. The fourth-order valence-corrected chi connectivity index (χ4v) is 4.55. The molecule has 30 heavy (non-hydrogen) atoms. The standard InChI is InChI=1S/C23H32N4O2S/c1-19(28)25-21(22-10-7-17-30-22)18-23(29)24-11-5-6-12-26-13-15-27(16-14-26)20-8-3-2-4-9-20/h2-4,7-10,17,21H,5-6,11-16,18H2,1H3,(H,24,29)(H,25,28). The number of nitrogens with one attached hydrogen (secondary N) is 2. The molecule has 1 fully saturated rings. The predicted molar refractivity (Wildman–Crippen MR) is 123 cm³/mol. The molecule has 0 saturated carbocycles. The minimum atomic E-state index is -0.247. The van der Waals surface area contributed by atoms with Gasteiger partial charge >= 0.3 is 0 Å². The number of unbranched alkanes of at least 4 members (excludes halogenated alkanes) is 1. The van der Waals surface area contributed by atoms with Crippen molar-refractivity contribution in [1.29, 1.82) is 0 Å². The van der Waals surface area contributed by atoms with E-state index in [1.807, 2.05) is 17.5 Å². The minimum absolute atomic E-state index is 0.0152. The minimum Gasteiger partial charge on any atom is -0.369 e. The zero-order chi connectivity index (χ0) is 21.2. The van der Waals surface area contributed by atoms with Gasteiger partial charge in [-0.1, -0.05) is 24.3 Å². The lowest BCUT2D eigenvalue weighted by Gasteiger charge is -2.36. The summed E-state index contributed by atoms with van der Waals surface area (Å²) in [4.78, 5) is 29.7. The van der Waals surface area contributed by atoms with Crippen LogP contribution in [0.2, 0.25) is 0 Å². The van der Waals surface area contributed by atoms with Crippen LogP contribution in [0.5, 0.6) is 0 Å². The van der Waals surface area contributed by atoms with Gasteiger partial charge in [-0.2, -0.15) is 0 Å². The lowest BCUT2D eigenvalue weighted by atomic mass is 10.1. The van der Waals surface area contributed by atoms with E-state index in [4.69, 9.17) is 0 Å². The average molecular weight is 429 g/mol. The van der Waals surface area contributed by atoms with Crippen LogP contribution in [0.4, 0.5) is 5.69 Å². The Morgan fingerprint density at radius 2 is 1.80 bits per heavy atom. The number of piperazine rings is 1. The highest BCUT2D eigenvalue weighted by Gasteiger charge is 2.18. The first-order valence-corrected chi connectivity index (χ1v) is 11.6. The quantitative estimate of drug-likeness (QED) is 0.571.